The van der Waals surface area contributed by atoms with Crippen LogP contribution >= 0.6 is 0 Å². The number of nitrogens with one attached hydrogen (secondary N) is 2. The SMILES string of the molecule is O=C(CNc1ccccc1)Nc1cc(C(=O)O)ccc1O. The van der Waals surface area contributed by atoms with Crippen LogP contribution in [-0.2, 0) is 4.79 Å². The van der Waals surface area contributed by atoms with Crippen molar-refractivity contribution in [2.75, 3.05) is 17.2 Å². The molecule has 21 heavy (non-hydrogen) atoms. The molecular formula is C15H14N2O4. The molecule has 0 spiro atoms. The zero-order valence-electron chi connectivity index (χ0n) is 11.0. The van der Waals surface area contributed by atoms with Crippen molar-refractivity contribution in [2.24, 2.45) is 0 Å². The molecule has 0 fully saturated rings. The van der Waals surface area contributed by atoms with Gasteiger partial charge in [0.25, 0.3) is 0 Å². The van der Waals surface area contributed by atoms with Crippen molar-refractivity contribution in [3.63, 3.8) is 0 Å². The molecule has 0 aromatic heterocycles. The van der Waals surface area contributed by atoms with Crippen LogP contribution in [-0.4, -0.2) is 28.6 Å². The third kappa shape index (κ3) is 3.97. The number of hydrogen-bond acceptors (Lipinski definition) is 4. The zero-order chi connectivity index (χ0) is 15.2. The van der Waals surface area contributed by atoms with E-state index < -0.39 is 11.9 Å². The van der Waals surface area contributed by atoms with E-state index in [4.69, 9.17) is 5.11 Å². The summed E-state index contributed by atoms with van der Waals surface area (Å²) < 4.78 is 0. The minimum Gasteiger partial charge on any atom is -0.506 e. The molecule has 0 aliphatic rings. The van der Waals surface area contributed by atoms with Crippen molar-refractivity contribution in [1.82, 2.24) is 0 Å². The van der Waals surface area contributed by atoms with Crippen LogP contribution in [0.25, 0.3) is 0 Å². The summed E-state index contributed by atoms with van der Waals surface area (Å²) >= 11 is 0. The quantitative estimate of drug-likeness (QED) is 0.631. The molecule has 0 saturated heterocycles. The summed E-state index contributed by atoms with van der Waals surface area (Å²) in [6.45, 7) is 0.000746. The van der Waals surface area contributed by atoms with Gasteiger partial charge in [-0.3, -0.25) is 4.79 Å². The Bertz CT molecular complexity index is 656. The Labute approximate surface area is 121 Å². The van der Waals surface area contributed by atoms with E-state index in [0.717, 1.165) is 5.69 Å². The molecule has 2 aromatic rings. The highest BCUT2D eigenvalue weighted by Gasteiger charge is 2.10. The van der Waals surface area contributed by atoms with E-state index >= 15 is 0 Å². The highest BCUT2D eigenvalue weighted by atomic mass is 16.4. The Kier molecular flexibility index (Phi) is 4.40. The van der Waals surface area contributed by atoms with Crippen LogP contribution in [0.3, 0.4) is 0 Å². The number of para-hydroxylation sites is 1. The van der Waals surface area contributed by atoms with Gasteiger partial charge in [0, 0.05) is 5.69 Å². The second kappa shape index (κ2) is 6.42. The molecule has 0 aliphatic carbocycles. The molecule has 108 valence electrons. The summed E-state index contributed by atoms with van der Waals surface area (Å²) in [4.78, 5) is 22.6. The van der Waals surface area contributed by atoms with Crippen molar-refractivity contribution < 1.29 is 19.8 Å². The van der Waals surface area contributed by atoms with Crippen molar-refractivity contribution in [2.45, 2.75) is 0 Å². The molecule has 0 unspecified atom stereocenters. The van der Waals surface area contributed by atoms with Crippen molar-refractivity contribution in [3.8, 4) is 5.75 Å². The lowest BCUT2D eigenvalue weighted by molar-refractivity contribution is -0.114. The maximum absolute atomic E-state index is 11.8. The number of aromatic hydroxyl groups is 1. The molecule has 4 N–H and O–H groups in total. The highest BCUT2D eigenvalue weighted by Crippen LogP contribution is 2.24. The fraction of sp³-hybridized carbons (Fsp3) is 0.0667. The Morgan fingerprint density at radius 3 is 2.43 bits per heavy atom. The van der Waals surface area contributed by atoms with Crippen molar-refractivity contribution in [1.29, 1.82) is 0 Å². The average Bonchev–Trinajstić information content (AvgIpc) is 2.48. The first-order valence-electron chi connectivity index (χ1n) is 6.21. The van der Waals surface area contributed by atoms with Crippen LogP contribution in [0.4, 0.5) is 11.4 Å². The van der Waals surface area contributed by atoms with Crippen LogP contribution in [0.1, 0.15) is 10.4 Å². The molecule has 0 aliphatic heterocycles. The molecule has 0 heterocycles. The van der Waals surface area contributed by atoms with Gasteiger partial charge in [0.2, 0.25) is 5.91 Å². The number of carbonyl (C=O) groups is 2. The van der Waals surface area contributed by atoms with Crippen LogP contribution in [0.5, 0.6) is 5.75 Å². The summed E-state index contributed by atoms with van der Waals surface area (Å²) in [5, 5.41) is 23.9. The summed E-state index contributed by atoms with van der Waals surface area (Å²) in [5.41, 5.74) is 0.838. The zero-order valence-corrected chi connectivity index (χ0v) is 11.0. The van der Waals surface area contributed by atoms with Gasteiger partial charge in [-0.25, -0.2) is 4.79 Å². The number of phenols is 1. The fourth-order valence-corrected chi connectivity index (χ4v) is 1.70. The molecule has 0 bridgehead atoms. The first-order valence-corrected chi connectivity index (χ1v) is 6.21. The Hall–Kier alpha value is -3.02. The first-order chi connectivity index (χ1) is 10.1. The number of anilines is 2. The molecule has 2 aromatic carbocycles. The van der Waals surface area contributed by atoms with Gasteiger partial charge in [0.15, 0.2) is 0 Å². The Morgan fingerprint density at radius 1 is 1.05 bits per heavy atom. The molecule has 0 saturated carbocycles. The van der Waals surface area contributed by atoms with Gasteiger partial charge in [0.1, 0.15) is 5.75 Å². The summed E-state index contributed by atoms with van der Waals surface area (Å²) in [5.74, 6) is -1.71. The van der Waals surface area contributed by atoms with Crippen LogP contribution in [0, 0.1) is 0 Å². The normalized spacial score (nSPS) is 9.90. The third-order valence-electron chi connectivity index (χ3n) is 2.74. The van der Waals surface area contributed by atoms with Gasteiger partial charge in [0.05, 0.1) is 17.8 Å². The van der Waals surface area contributed by atoms with Gasteiger partial charge in [-0.15, -0.1) is 0 Å². The number of rotatable bonds is 5. The smallest absolute Gasteiger partial charge is 0.335 e. The predicted molar refractivity (Wildman–Crippen MR) is 78.6 cm³/mol. The molecule has 6 heteroatoms. The van der Waals surface area contributed by atoms with E-state index in [-0.39, 0.29) is 23.5 Å². The lowest BCUT2D eigenvalue weighted by Crippen LogP contribution is -2.21. The lowest BCUT2D eigenvalue weighted by atomic mass is 10.2. The topological polar surface area (TPSA) is 98.7 Å². The van der Waals surface area contributed by atoms with Crippen LogP contribution in [0.15, 0.2) is 48.5 Å². The first kappa shape index (κ1) is 14.4. The molecule has 2 rings (SSSR count). The molecular weight excluding hydrogens is 272 g/mol. The fourth-order valence-electron chi connectivity index (χ4n) is 1.70. The molecule has 0 atom stereocenters. The second-order valence-corrected chi connectivity index (χ2v) is 4.30. The molecule has 6 nitrogen and oxygen atoms in total. The lowest BCUT2D eigenvalue weighted by Gasteiger charge is -2.09. The number of benzene rings is 2. The monoisotopic (exact) mass is 286 g/mol. The molecule has 0 radical (unpaired) electrons. The summed E-state index contributed by atoms with van der Waals surface area (Å²) in [6.07, 6.45) is 0. The number of carbonyl (C=O) groups excluding carboxylic acids is 1. The number of hydrogen-bond donors (Lipinski definition) is 4. The number of amides is 1. The van der Waals surface area contributed by atoms with E-state index in [1.165, 1.54) is 18.2 Å². The second-order valence-electron chi connectivity index (χ2n) is 4.30. The van der Waals surface area contributed by atoms with E-state index in [1.54, 1.807) is 0 Å². The van der Waals surface area contributed by atoms with E-state index in [1.807, 2.05) is 30.3 Å². The van der Waals surface area contributed by atoms with Gasteiger partial charge < -0.3 is 20.8 Å². The van der Waals surface area contributed by atoms with Crippen molar-refractivity contribution >= 4 is 23.3 Å². The number of phenolic OH excluding ortho intramolecular Hbond substituents is 1. The van der Waals surface area contributed by atoms with E-state index in [2.05, 4.69) is 10.6 Å². The third-order valence-corrected chi connectivity index (χ3v) is 2.74. The van der Waals surface area contributed by atoms with E-state index in [0.29, 0.717) is 0 Å². The minimum absolute atomic E-state index is 0.000746. The van der Waals surface area contributed by atoms with Crippen LogP contribution < -0.4 is 10.6 Å². The Morgan fingerprint density at radius 2 is 1.76 bits per heavy atom. The number of carboxylic acids is 1. The van der Waals surface area contributed by atoms with E-state index in [9.17, 15) is 14.7 Å². The molecule has 1 amide bonds. The number of aromatic carboxylic acids is 1. The highest BCUT2D eigenvalue weighted by molar-refractivity contribution is 5.97. The summed E-state index contributed by atoms with van der Waals surface area (Å²) in [7, 11) is 0. The predicted octanol–water partition coefficient (Wildman–Crippen LogP) is 2.14. The van der Waals surface area contributed by atoms with Crippen LogP contribution in [0.2, 0.25) is 0 Å². The largest absolute Gasteiger partial charge is 0.506 e. The van der Waals surface area contributed by atoms with Crippen molar-refractivity contribution in [3.05, 3.63) is 54.1 Å². The average molecular weight is 286 g/mol. The minimum atomic E-state index is -1.13. The maximum atomic E-state index is 11.8. The summed E-state index contributed by atoms with van der Waals surface area (Å²) in [6, 6.07) is 12.9. The Balaban J connectivity index is 1.99. The van der Waals surface area contributed by atoms with Gasteiger partial charge >= 0.3 is 5.97 Å². The van der Waals surface area contributed by atoms with Gasteiger partial charge in [-0.05, 0) is 30.3 Å². The maximum Gasteiger partial charge on any atom is 0.335 e. The van der Waals surface area contributed by atoms with Gasteiger partial charge in [-0.2, -0.15) is 0 Å². The van der Waals surface area contributed by atoms with Gasteiger partial charge in [-0.1, -0.05) is 18.2 Å². The number of carboxylic acid groups (broad SMARTS) is 1. The standard InChI is InChI=1S/C15H14N2O4/c18-13-7-6-10(15(20)21)8-12(13)17-14(19)9-16-11-4-2-1-3-5-11/h1-8,16,18H,9H2,(H,17,19)(H,20,21).